The van der Waals surface area contributed by atoms with Gasteiger partial charge in [-0.25, -0.2) is 0 Å². The lowest BCUT2D eigenvalue weighted by Gasteiger charge is -2.29. The lowest BCUT2D eigenvalue weighted by atomic mass is 10.1. The maximum absolute atomic E-state index is 13.0. The van der Waals surface area contributed by atoms with E-state index in [-0.39, 0.29) is 30.2 Å². The van der Waals surface area contributed by atoms with E-state index in [0.717, 1.165) is 37.4 Å². The standard InChI is InChI=1S/C25H31N3O3/c1-19(21-6-4-3-5-7-21)28-18-22(16-24(28)29)25(30)26(2)17-20-8-10-23(11-9-20)27-12-14-31-15-13-27/h3-11,19,22H,12-18H2,1-2H3/t19-,22-/m1/s1. The molecule has 0 aliphatic carbocycles. The van der Waals surface area contributed by atoms with Crippen molar-refractivity contribution in [2.45, 2.75) is 25.9 Å². The summed E-state index contributed by atoms with van der Waals surface area (Å²) < 4.78 is 5.41. The number of carbonyl (C=O) groups is 2. The molecule has 2 amide bonds. The Kier molecular flexibility index (Phi) is 6.56. The SMILES string of the molecule is C[C@H](c1ccccc1)N1C[C@H](C(=O)N(C)Cc2ccc(N3CCOCC3)cc2)CC1=O. The van der Waals surface area contributed by atoms with Gasteiger partial charge in [0.2, 0.25) is 11.8 Å². The van der Waals surface area contributed by atoms with E-state index in [4.69, 9.17) is 4.74 Å². The first-order valence-electron chi connectivity index (χ1n) is 11.0. The molecule has 0 spiro atoms. The first-order chi connectivity index (χ1) is 15.0. The van der Waals surface area contributed by atoms with Crippen molar-refractivity contribution >= 4 is 17.5 Å². The highest BCUT2D eigenvalue weighted by Crippen LogP contribution is 2.29. The monoisotopic (exact) mass is 421 g/mol. The molecule has 6 heteroatoms. The third kappa shape index (κ3) is 4.90. The molecule has 2 aromatic carbocycles. The molecule has 0 radical (unpaired) electrons. The van der Waals surface area contributed by atoms with Crippen LogP contribution in [-0.2, 0) is 20.9 Å². The van der Waals surface area contributed by atoms with E-state index < -0.39 is 0 Å². The van der Waals surface area contributed by atoms with Gasteiger partial charge < -0.3 is 19.4 Å². The molecule has 0 bridgehead atoms. The Morgan fingerprint density at radius 2 is 1.77 bits per heavy atom. The fraction of sp³-hybridized carbons (Fsp3) is 0.440. The van der Waals surface area contributed by atoms with E-state index >= 15 is 0 Å². The Labute approximate surface area is 184 Å². The van der Waals surface area contributed by atoms with Gasteiger partial charge >= 0.3 is 0 Å². The maximum atomic E-state index is 13.0. The Morgan fingerprint density at radius 3 is 2.45 bits per heavy atom. The van der Waals surface area contributed by atoms with Crippen molar-refractivity contribution < 1.29 is 14.3 Å². The van der Waals surface area contributed by atoms with Crippen LogP contribution in [0.1, 0.15) is 30.5 Å². The predicted octanol–water partition coefficient (Wildman–Crippen LogP) is 3.09. The van der Waals surface area contributed by atoms with Crippen LogP contribution in [0.25, 0.3) is 0 Å². The zero-order valence-corrected chi connectivity index (χ0v) is 18.4. The van der Waals surface area contributed by atoms with Crippen LogP contribution in [0.15, 0.2) is 54.6 Å². The smallest absolute Gasteiger partial charge is 0.228 e. The van der Waals surface area contributed by atoms with Crippen LogP contribution in [0.3, 0.4) is 0 Å². The summed E-state index contributed by atoms with van der Waals surface area (Å²) in [4.78, 5) is 31.6. The Hall–Kier alpha value is -2.86. The molecule has 0 N–H and O–H groups in total. The normalized spacial score (nSPS) is 20.1. The summed E-state index contributed by atoms with van der Waals surface area (Å²) in [7, 11) is 1.83. The second-order valence-corrected chi connectivity index (χ2v) is 8.49. The first kappa shape index (κ1) is 21.4. The van der Waals surface area contributed by atoms with Gasteiger partial charge in [-0.05, 0) is 30.2 Å². The average molecular weight is 422 g/mol. The number of amides is 2. The molecule has 0 aromatic heterocycles. The van der Waals surface area contributed by atoms with Crippen LogP contribution in [0.4, 0.5) is 5.69 Å². The van der Waals surface area contributed by atoms with Crippen molar-refractivity contribution in [1.29, 1.82) is 0 Å². The van der Waals surface area contributed by atoms with Crippen molar-refractivity contribution in [2.24, 2.45) is 5.92 Å². The van der Waals surface area contributed by atoms with Crippen molar-refractivity contribution in [1.82, 2.24) is 9.80 Å². The van der Waals surface area contributed by atoms with E-state index in [2.05, 4.69) is 29.2 Å². The third-order valence-corrected chi connectivity index (χ3v) is 6.37. The molecule has 2 saturated heterocycles. The molecule has 31 heavy (non-hydrogen) atoms. The predicted molar refractivity (Wildman–Crippen MR) is 121 cm³/mol. The number of carbonyl (C=O) groups excluding carboxylic acids is 2. The molecule has 2 aromatic rings. The minimum atomic E-state index is -0.281. The number of likely N-dealkylation sites (tertiary alicyclic amines) is 1. The minimum Gasteiger partial charge on any atom is -0.378 e. The highest BCUT2D eigenvalue weighted by Gasteiger charge is 2.38. The Balaban J connectivity index is 1.34. The van der Waals surface area contributed by atoms with Gasteiger partial charge in [-0.2, -0.15) is 0 Å². The summed E-state index contributed by atoms with van der Waals surface area (Å²) in [6, 6.07) is 18.3. The maximum Gasteiger partial charge on any atom is 0.228 e. The van der Waals surface area contributed by atoms with Gasteiger partial charge in [-0.1, -0.05) is 42.5 Å². The summed E-state index contributed by atoms with van der Waals surface area (Å²) in [5, 5.41) is 0. The zero-order chi connectivity index (χ0) is 21.8. The van der Waals surface area contributed by atoms with Gasteiger partial charge in [0, 0.05) is 45.3 Å². The lowest BCUT2D eigenvalue weighted by Crippen LogP contribution is -2.36. The number of ether oxygens (including phenoxy) is 1. The third-order valence-electron chi connectivity index (χ3n) is 6.37. The van der Waals surface area contributed by atoms with Crippen LogP contribution in [0.2, 0.25) is 0 Å². The fourth-order valence-corrected chi connectivity index (χ4v) is 4.48. The summed E-state index contributed by atoms with van der Waals surface area (Å²) in [6.45, 7) is 6.39. The topological polar surface area (TPSA) is 53.1 Å². The zero-order valence-electron chi connectivity index (χ0n) is 18.4. The van der Waals surface area contributed by atoms with Crippen LogP contribution in [-0.4, -0.2) is 61.5 Å². The van der Waals surface area contributed by atoms with Gasteiger partial charge in [0.25, 0.3) is 0 Å². The molecular formula is C25H31N3O3. The van der Waals surface area contributed by atoms with Crippen LogP contribution in [0, 0.1) is 5.92 Å². The van der Waals surface area contributed by atoms with Gasteiger partial charge in [0.1, 0.15) is 0 Å². The van der Waals surface area contributed by atoms with Crippen molar-refractivity contribution in [3.8, 4) is 0 Å². The minimum absolute atomic E-state index is 0.0236. The van der Waals surface area contributed by atoms with E-state index in [1.54, 1.807) is 4.90 Å². The fourth-order valence-electron chi connectivity index (χ4n) is 4.48. The second kappa shape index (κ2) is 9.52. The number of rotatable bonds is 6. The van der Waals surface area contributed by atoms with Gasteiger partial charge in [-0.3, -0.25) is 9.59 Å². The number of hydrogen-bond donors (Lipinski definition) is 0. The lowest BCUT2D eigenvalue weighted by molar-refractivity contribution is -0.135. The molecule has 2 aliphatic heterocycles. The molecule has 0 saturated carbocycles. The number of nitrogens with zero attached hydrogens (tertiary/aromatic N) is 3. The molecule has 2 heterocycles. The molecule has 4 rings (SSSR count). The number of anilines is 1. The van der Waals surface area contributed by atoms with E-state index in [0.29, 0.717) is 13.1 Å². The van der Waals surface area contributed by atoms with Gasteiger partial charge in [-0.15, -0.1) is 0 Å². The summed E-state index contributed by atoms with van der Waals surface area (Å²) in [5.74, 6) is -0.192. The number of hydrogen-bond acceptors (Lipinski definition) is 4. The summed E-state index contributed by atoms with van der Waals surface area (Å²) in [5.41, 5.74) is 3.37. The van der Waals surface area contributed by atoms with Crippen LogP contribution in [0.5, 0.6) is 0 Å². The Bertz CT molecular complexity index is 894. The van der Waals surface area contributed by atoms with E-state index in [1.807, 2.05) is 49.2 Å². The molecule has 6 nitrogen and oxygen atoms in total. The molecule has 2 fully saturated rings. The molecule has 0 unspecified atom stereocenters. The van der Waals surface area contributed by atoms with Crippen LogP contribution < -0.4 is 4.90 Å². The van der Waals surface area contributed by atoms with E-state index in [9.17, 15) is 9.59 Å². The number of morpholine rings is 1. The molecular weight excluding hydrogens is 390 g/mol. The first-order valence-corrected chi connectivity index (χ1v) is 11.0. The molecule has 164 valence electrons. The van der Waals surface area contributed by atoms with Crippen molar-refractivity contribution in [2.75, 3.05) is 44.8 Å². The highest BCUT2D eigenvalue weighted by atomic mass is 16.5. The average Bonchev–Trinajstić information content (AvgIpc) is 3.21. The van der Waals surface area contributed by atoms with Gasteiger partial charge in [0.05, 0.1) is 25.2 Å². The largest absolute Gasteiger partial charge is 0.378 e. The Morgan fingerprint density at radius 1 is 1.10 bits per heavy atom. The summed E-state index contributed by atoms with van der Waals surface area (Å²) in [6.07, 6.45) is 0.288. The number of benzene rings is 2. The van der Waals surface area contributed by atoms with Gasteiger partial charge in [0.15, 0.2) is 0 Å². The quantitative estimate of drug-likeness (QED) is 0.719. The highest BCUT2D eigenvalue weighted by molar-refractivity contribution is 5.89. The summed E-state index contributed by atoms with van der Waals surface area (Å²) >= 11 is 0. The van der Waals surface area contributed by atoms with Crippen molar-refractivity contribution in [3.05, 3.63) is 65.7 Å². The second-order valence-electron chi connectivity index (χ2n) is 8.49. The molecule has 2 atom stereocenters. The van der Waals surface area contributed by atoms with Crippen LogP contribution >= 0.6 is 0 Å². The van der Waals surface area contributed by atoms with E-state index in [1.165, 1.54) is 5.69 Å². The molecule has 2 aliphatic rings. The van der Waals surface area contributed by atoms with Crippen molar-refractivity contribution in [3.63, 3.8) is 0 Å².